The summed E-state index contributed by atoms with van der Waals surface area (Å²) in [4.78, 5) is 10.3. The maximum Gasteiger partial charge on any atom is 0.289 e. The summed E-state index contributed by atoms with van der Waals surface area (Å²) in [6.45, 7) is 3.73. The number of nitro groups is 1. The highest BCUT2D eigenvalue weighted by atomic mass is 32.2. The fraction of sp³-hybridized carbons (Fsp3) is 0.571. The first-order chi connectivity index (χ1) is 10.3. The highest BCUT2D eigenvalue weighted by Crippen LogP contribution is 2.31. The first kappa shape index (κ1) is 16.9. The van der Waals surface area contributed by atoms with Crippen molar-refractivity contribution in [2.75, 3.05) is 6.54 Å². The molecule has 0 unspecified atom stereocenters. The Labute approximate surface area is 130 Å². The van der Waals surface area contributed by atoms with Gasteiger partial charge in [0.2, 0.25) is 10.0 Å². The third-order valence-electron chi connectivity index (χ3n) is 4.39. The van der Waals surface area contributed by atoms with Crippen LogP contribution in [0.4, 0.5) is 5.69 Å². The Bertz CT molecular complexity index is 688. The molecule has 1 aromatic carbocycles. The number of hydrogen-bond acceptors (Lipinski definition) is 5. The standard InChI is InChI=1S/C14H21N3O4S/c1-9-6-7-13(17(18)19)14(10(9)2)22(20,21)16-12-5-3-4-11(12)8-15/h6-7,11-12,16H,3-5,8,15H2,1-2H3/t11-,12+/m1/s1. The zero-order valence-corrected chi connectivity index (χ0v) is 13.5. The number of benzene rings is 1. The van der Waals surface area contributed by atoms with Crippen LogP contribution in [0.1, 0.15) is 30.4 Å². The number of aryl methyl sites for hydroxylation is 1. The molecule has 0 radical (unpaired) electrons. The van der Waals surface area contributed by atoms with E-state index in [0.717, 1.165) is 12.8 Å². The average molecular weight is 327 g/mol. The Morgan fingerprint density at radius 3 is 2.64 bits per heavy atom. The molecule has 1 aromatic rings. The van der Waals surface area contributed by atoms with E-state index in [1.54, 1.807) is 19.9 Å². The van der Waals surface area contributed by atoms with E-state index in [2.05, 4.69) is 4.72 Å². The van der Waals surface area contributed by atoms with Crippen molar-refractivity contribution >= 4 is 15.7 Å². The van der Waals surface area contributed by atoms with E-state index in [9.17, 15) is 18.5 Å². The summed E-state index contributed by atoms with van der Waals surface area (Å²) in [6.07, 6.45) is 2.49. The Hall–Kier alpha value is -1.51. The third kappa shape index (κ3) is 3.13. The van der Waals surface area contributed by atoms with Gasteiger partial charge < -0.3 is 5.73 Å². The zero-order valence-electron chi connectivity index (χ0n) is 12.7. The van der Waals surface area contributed by atoms with Gasteiger partial charge in [0.25, 0.3) is 5.69 Å². The molecule has 0 saturated heterocycles. The lowest BCUT2D eigenvalue weighted by molar-refractivity contribution is -0.387. The first-order valence-electron chi connectivity index (χ1n) is 7.25. The van der Waals surface area contributed by atoms with Crippen molar-refractivity contribution in [2.24, 2.45) is 11.7 Å². The average Bonchev–Trinajstić information content (AvgIpc) is 2.87. The van der Waals surface area contributed by atoms with Crippen LogP contribution in [0.2, 0.25) is 0 Å². The van der Waals surface area contributed by atoms with Gasteiger partial charge in [0.1, 0.15) is 0 Å². The summed E-state index contributed by atoms with van der Waals surface area (Å²) in [7, 11) is -3.96. The summed E-state index contributed by atoms with van der Waals surface area (Å²) in [5, 5.41) is 11.2. The third-order valence-corrected chi connectivity index (χ3v) is 6.06. The van der Waals surface area contributed by atoms with Crippen LogP contribution in [0.25, 0.3) is 0 Å². The number of nitro benzene ring substituents is 1. The summed E-state index contributed by atoms with van der Waals surface area (Å²) in [6, 6.07) is 2.55. The van der Waals surface area contributed by atoms with Gasteiger partial charge in [0.15, 0.2) is 4.90 Å². The van der Waals surface area contributed by atoms with E-state index in [0.29, 0.717) is 24.1 Å². The van der Waals surface area contributed by atoms with Crippen molar-refractivity contribution in [1.29, 1.82) is 0 Å². The van der Waals surface area contributed by atoms with E-state index in [4.69, 9.17) is 5.73 Å². The number of nitrogens with two attached hydrogens (primary N) is 1. The Balaban J connectivity index is 2.45. The SMILES string of the molecule is Cc1ccc([N+](=O)[O-])c(S(=O)(=O)N[C@H]2CCC[C@@H]2CN)c1C. The topological polar surface area (TPSA) is 115 Å². The number of rotatable bonds is 5. The molecule has 7 nitrogen and oxygen atoms in total. The van der Waals surface area contributed by atoms with Gasteiger partial charge in [-0.05, 0) is 50.3 Å². The molecule has 0 bridgehead atoms. The van der Waals surface area contributed by atoms with Gasteiger partial charge in [0, 0.05) is 12.1 Å². The summed E-state index contributed by atoms with van der Waals surface area (Å²) in [5.41, 5.74) is 6.39. The lowest BCUT2D eigenvalue weighted by Gasteiger charge is -2.20. The molecule has 0 heterocycles. The van der Waals surface area contributed by atoms with Gasteiger partial charge in [-0.2, -0.15) is 0 Å². The molecule has 8 heteroatoms. The zero-order chi connectivity index (χ0) is 16.5. The molecule has 0 spiro atoms. The van der Waals surface area contributed by atoms with Gasteiger partial charge in [0.05, 0.1) is 4.92 Å². The minimum absolute atomic E-state index is 0.0824. The van der Waals surface area contributed by atoms with E-state index in [1.807, 2.05) is 0 Å². The molecule has 1 aliphatic rings. The molecular formula is C14H21N3O4S. The van der Waals surface area contributed by atoms with E-state index in [1.165, 1.54) is 6.07 Å². The van der Waals surface area contributed by atoms with Crippen molar-refractivity contribution in [1.82, 2.24) is 4.72 Å². The molecule has 0 aliphatic heterocycles. The quantitative estimate of drug-likeness (QED) is 0.630. The summed E-state index contributed by atoms with van der Waals surface area (Å²) < 4.78 is 28.0. The highest BCUT2D eigenvalue weighted by molar-refractivity contribution is 7.89. The second-order valence-electron chi connectivity index (χ2n) is 5.77. The lowest BCUT2D eigenvalue weighted by Crippen LogP contribution is -2.40. The fourth-order valence-corrected chi connectivity index (χ4v) is 4.80. The van der Waals surface area contributed by atoms with Crippen molar-refractivity contribution < 1.29 is 13.3 Å². The maximum absolute atomic E-state index is 12.7. The van der Waals surface area contributed by atoms with Crippen LogP contribution in [0.5, 0.6) is 0 Å². The van der Waals surface area contributed by atoms with Crippen LogP contribution in [-0.2, 0) is 10.0 Å². The molecule has 22 heavy (non-hydrogen) atoms. The van der Waals surface area contributed by atoms with Gasteiger partial charge in [-0.25, -0.2) is 13.1 Å². The van der Waals surface area contributed by atoms with Gasteiger partial charge >= 0.3 is 0 Å². The normalized spacial score (nSPS) is 22.0. The Morgan fingerprint density at radius 2 is 2.05 bits per heavy atom. The Morgan fingerprint density at radius 1 is 1.36 bits per heavy atom. The number of sulfonamides is 1. The van der Waals surface area contributed by atoms with Crippen LogP contribution in [-0.4, -0.2) is 25.9 Å². The molecule has 1 aliphatic carbocycles. The van der Waals surface area contributed by atoms with E-state index < -0.39 is 20.6 Å². The van der Waals surface area contributed by atoms with Crippen LogP contribution >= 0.6 is 0 Å². The van der Waals surface area contributed by atoms with Crippen molar-refractivity contribution in [3.05, 3.63) is 33.4 Å². The minimum atomic E-state index is -3.96. The predicted octanol–water partition coefficient (Wildman–Crippen LogP) is 1.62. The molecule has 1 fully saturated rings. The minimum Gasteiger partial charge on any atom is -0.330 e. The lowest BCUT2D eigenvalue weighted by atomic mass is 10.1. The first-order valence-corrected chi connectivity index (χ1v) is 8.73. The summed E-state index contributed by atoms with van der Waals surface area (Å²) in [5.74, 6) is 0.0824. The molecule has 122 valence electrons. The second kappa shape index (κ2) is 6.31. The molecule has 2 atom stereocenters. The second-order valence-corrected chi connectivity index (χ2v) is 7.42. The van der Waals surface area contributed by atoms with Crippen molar-refractivity contribution in [2.45, 2.75) is 44.0 Å². The van der Waals surface area contributed by atoms with E-state index in [-0.39, 0.29) is 16.9 Å². The number of nitrogens with zero attached hydrogens (tertiary/aromatic N) is 1. The smallest absolute Gasteiger partial charge is 0.289 e. The van der Waals surface area contributed by atoms with Crippen LogP contribution in [0.3, 0.4) is 0 Å². The largest absolute Gasteiger partial charge is 0.330 e. The highest BCUT2D eigenvalue weighted by Gasteiger charge is 2.34. The van der Waals surface area contributed by atoms with Crippen LogP contribution in [0, 0.1) is 29.9 Å². The Kier molecular flexibility index (Phi) is 4.84. The predicted molar refractivity (Wildman–Crippen MR) is 83.1 cm³/mol. The summed E-state index contributed by atoms with van der Waals surface area (Å²) >= 11 is 0. The van der Waals surface area contributed by atoms with Gasteiger partial charge in [-0.1, -0.05) is 12.5 Å². The molecule has 1 saturated carbocycles. The maximum atomic E-state index is 12.7. The van der Waals surface area contributed by atoms with Gasteiger partial charge in [-0.15, -0.1) is 0 Å². The molecule has 0 amide bonds. The van der Waals surface area contributed by atoms with Crippen molar-refractivity contribution in [3.63, 3.8) is 0 Å². The number of hydrogen-bond donors (Lipinski definition) is 2. The van der Waals surface area contributed by atoms with Crippen LogP contribution in [0.15, 0.2) is 17.0 Å². The molecule has 0 aromatic heterocycles. The fourth-order valence-electron chi connectivity index (χ4n) is 2.99. The monoisotopic (exact) mass is 327 g/mol. The van der Waals surface area contributed by atoms with Crippen LogP contribution < -0.4 is 10.5 Å². The molecule has 2 rings (SSSR count). The molecule has 3 N–H and O–H groups in total. The molecular weight excluding hydrogens is 306 g/mol. The van der Waals surface area contributed by atoms with Crippen molar-refractivity contribution in [3.8, 4) is 0 Å². The van der Waals surface area contributed by atoms with Gasteiger partial charge in [-0.3, -0.25) is 10.1 Å². The van der Waals surface area contributed by atoms with E-state index >= 15 is 0 Å². The number of nitrogens with one attached hydrogen (secondary N) is 1.